The molecule has 4 heteroatoms. The third kappa shape index (κ3) is 6.91. The topological polar surface area (TPSA) is 9.23 Å². The van der Waals surface area contributed by atoms with Gasteiger partial charge in [-0.2, -0.15) is 0 Å². The van der Waals surface area contributed by atoms with E-state index in [4.69, 9.17) is 4.43 Å². The van der Waals surface area contributed by atoms with Crippen LogP contribution in [0.1, 0.15) is 61.3 Å². The highest BCUT2D eigenvalue weighted by atomic mass is 28.4. The summed E-state index contributed by atoms with van der Waals surface area (Å²) in [7, 11) is -4.85. The molecule has 0 bridgehead atoms. The van der Waals surface area contributed by atoms with E-state index in [1.165, 1.54) is 5.76 Å². The van der Waals surface area contributed by atoms with Crippen molar-refractivity contribution in [1.29, 1.82) is 0 Å². The molecule has 0 amide bonds. The maximum absolute atomic E-state index is 6.37. The molecule has 0 aromatic heterocycles. The van der Waals surface area contributed by atoms with Gasteiger partial charge in [0, 0.05) is 12.3 Å². The number of hydrogen-bond donors (Lipinski definition) is 0. The lowest BCUT2D eigenvalue weighted by molar-refractivity contribution is 0.296. The lowest BCUT2D eigenvalue weighted by Crippen LogP contribution is -2.44. The first-order valence-corrected chi connectivity index (χ1v) is 21.1. The zero-order valence-electron chi connectivity index (χ0n) is 22.2. The van der Waals surface area contributed by atoms with E-state index in [2.05, 4.69) is 117 Å². The fraction of sp³-hybridized carbons (Fsp3) is 0.769. The Balaban J connectivity index is 3.58. The summed E-state index contributed by atoms with van der Waals surface area (Å²) in [5.74, 6) is 9.14. The third-order valence-electron chi connectivity index (χ3n) is 6.44. The summed E-state index contributed by atoms with van der Waals surface area (Å²) in [6, 6.07) is 0. The summed E-state index contributed by atoms with van der Waals surface area (Å²) in [6.45, 7) is 30.5. The highest BCUT2D eigenvalue weighted by Crippen LogP contribution is 2.44. The average Bonchev–Trinajstić information content (AvgIpc) is 2.53. The van der Waals surface area contributed by atoms with Gasteiger partial charge in [-0.25, -0.2) is 0 Å². The van der Waals surface area contributed by atoms with Crippen molar-refractivity contribution in [2.45, 2.75) is 117 Å². The second kappa shape index (κ2) is 9.85. The fourth-order valence-electron chi connectivity index (χ4n) is 4.87. The molecule has 0 aliphatic heterocycles. The van der Waals surface area contributed by atoms with Gasteiger partial charge in [0.05, 0.1) is 11.2 Å². The molecule has 0 N–H and O–H groups in total. The van der Waals surface area contributed by atoms with Gasteiger partial charge in [0.25, 0.3) is 0 Å². The van der Waals surface area contributed by atoms with Gasteiger partial charge in [-0.1, -0.05) is 79.9 Å². The molecular weight excluding hydrogens is 413 g/mol. The third-order valence-corrected chi connectivity index (χ3v) is 14.5. The number of rotatable bonds is 5. The summed E-state index contributed by atoms with van der Waals surface area (Å²) >= 11 is 0. The molecule has 2 atom stereocenters. The van der Waals surface area contributed by atoms with Crippen LogP contribution < -0.4 is 0 Å². The van der Waals surface area contributed by atoms with Crippen molar-refractivity contribution in [3.63, 3.8) is 0 Å². The van der Waals surface area contributed by atoms with Crippen molar-refractivity contribution >= 4 is 24.5 Å². The van der Waals surface area contributed by atoms with Crippen molar-refractivity contribution in [3.8, 4) is 22.9 Å². The predicted octanol–water partition coefficient (Wildman–Crippen LogP) is 8.24. The minimum Gasteiger partial charge on any atom is -0.548 e. The van der Waals surface area contributed by atoms with E-state index < -0.39 is 24.5 Å². The lowest BCUT2D eigenvalue weighted by Gasteiger charge is -2.40. The average molecular weight is 461 g/mol. The smallest absolute Gasteiger partial charge is 0.241 e. The first kappa shape index (κ1) is 27.3. The summed E-state index contributed by atoms with van der Waals surface area (Å²) in [5.41, 5.74) is 9.41. The fourth-order valence-corrected chi connectivity index (χ4v) is 11.7. The Bertz CT molecular complexity index is 720. The second-order valence-corrected chi connectivity index (χ2v) is 27.0. The minimum absolute atomic E-state index is 0.233. The first-order valence-electron chi connectivity index (χ1n) is 11.9. The van der Waals surface area contributed by atoms with E-state index in [0.717, 1.165) is 12.8 Å². The van der Waals surface area contributed by atoms with Gasteiger partial charge in [-0.15, -0.1) is 11.1 Å². The lowest BCUT2D eigenvalue weighted by atomic mass is 9.71. The normalized spacial score (nSPS) is 22.9. The molecule has 1 aliphatic rings. The van der Waals surface area contributed by atoms with E-state index in [1.807, 2.05) is 0 Å². The van der Waals surface area contributed by atoms with Crippen LogP contribution in [-0.2, 0) is 4.43 Å². The second-order valence-electron chi connectivity index (χ2n) is 12.3. The van der Waals surface area contributed by atoms with Crippen LogP contribution in [0.3, 0.4) is 0 Å². The highest BCUT2D eigenvalue weighted by molar-refractivity contribution is 6.90. The largest absolute Gasteiger partial charge is 0.548 e. The molecule has 2 unspecified atom stereocenters. The SMILES string of the molecule is CC1C=C(O[Si](C)(C)C)CCC1(C#C[Si](C)(C)C)C#C[Si](C(C)C)(C(C)C)C(C)C. The van der Waals surface area contributed by atoms with E-state index in [1.54, 1.807) is 0 Å². The Hall–Kier alpha value is -0.689. The first-order chi connectivity index (χ1) is 13.5. The highest BCUT2D eigenvalue weighted by Gasteiger charge is 2.43. The van der Waals surface area contributed by atoms with Crippen LogP contribution in [0.15, 0.2) is 11.8 Å². The van der Waals surface area contributed by atoms with Crippen LogP contribution >= 0.6 is 0 Å². The molecule has 170 valence electrons. The zero-order valence-corrected chi connectivity index (χ0v) is 25.2. The van der Waals surface area contributed by atoms with Crippen molar-refractivity contribution in [1.82, 2.24) is 0 Å². The molecule has 0 saturated heterocycles. The van der Waals surface area contributed by atoms with Crippen molar-refractivity contribution in [2.75, 3.05) is 0 Å². The Morgan fingerprint density at radius 3 is 1.70 bits per heavy atom. The Morgan fingerprint density at radius 2 is 1.33 bits per heavy atom. The van der Waals surface area contributed by atoms with Crippen LogP contribution in [0.5, 0.6) is 0 Å². The molecule has 0 radical (unpaired) electrons. The minimum atomic E-state index is -1.78. The van der Waals surface area contributed by atoms with Gasteiger partial charge in [0.15, 0.2) is 0 Å². The monoisotopic (exact) mass is 460 g/mol. The molecule has 1 aliphatic carbocycles. The van der Waals surface area contributed by atoms with E-state index in [-0.39, 0.29) is 5.41 Å². The maximum Gasteiger partial charge on any atom is 0.241 e. The summed E-state index contributed by atoms with van der Waals surface area (Å²) in [4.78, 5) is 0. The van der Waals surface area contributed by atoms with Crippen molar-refractivity contribution in [3.05, 3.63) is 11.8 Å². The summed E-state index contributed by atoms with van der Waals surface area (Å²) < 4.78 is 6.37. The summed E-state index contributed by atoms with van der Waals surface area (Å²) in [6.07, 6.45) is 4.30. The van der Waals surface area contributed by atoms with Gasteiger partial charge in [0.2, 0.25) is 8.32 Å². The number of allylic oxidation sites excluding steroid dienone is 2. The van der Waals surface area contributed by atoms with Gasteiger partial charge >= 0.3 is 0 Å². The van der Waals surface area contributed by atoms with Gasteiger partial charge in [-0.3, -0.25) is 0 Å². The van der Waals surface area contributed by atoms with Crippen LogP contribution in [0, 0.1) is 34.3 Å². The van der Waals surface area contributed by atoms with Gasteiger partial charge in [0.1, 0.15) is 16.1 Å². The molecule has 1 nitrogen and oxygen atoms in total. The molecule has 0 aromatic carbocycles. The van der Waals surface area contributed by atoms with Crippen LogP contribution in [0.4, 0.5) is 0 Å². The zero-order chi connectivity index (χ0) is 23.5. The van der Waals surface area contributed by atoms with Crippen LogP contribution in [0.2, 0.25) is 55.9 Å². The van der Waals surface area contributed by atoms with E-state index >= 15 is 0 Å². The standard InChI is InChI=1S/C26H48OSi3/c1-21(2)30(22(3)4,23(5)6)19-17-26(16-18-28(8,9)10)15-14-25(20-24(26)7)27-29(11,12)13/h20-24H,14-15H2,1-13H3. The maximum atomic E-state index is 6.37. The molecule has 0 fully saturated rings. The van der Waals surface area contributed by atoms with Gasteiger partial charge in [-0.05, 0) is 48.8 Å². The van der Waals surface area contributed by atoms with Crippen molar-refractivity contribution < 1.29 is 4.43 Å². The van der Waals surface area contributed by atoms with E-state index in [9.17, 15) is 0 Å². The number of hydrogen-bond acceptors (Lipinski definition) is 1. The van der Waals surface area contributed by atoms with Gasteiger partial charge < -0.3 is 4.43 Å². The molecular formula is C26H48OSi3. The van der Waals surface area contributed by atoms with E-state index in [0.29, 0.717) is 22.5 Å². The molecule has 30 heavy (non-hydrogen) atoms. The van der Waals surface area contributed by atoms with Crippen LogP contribution in [-0.4, -0.2) is 24.5 Å². The quantitative estimate of drug-likeness (QED) is 0.296. The predicted molar refractivity (Wildman–Crippen MR) is 143 cm³/mol. The molecule has 0 spiro atoms. The Morgan fingerprint density at radius 1 is 0.867 bits per heavy atom. The Labute approximate surface area is 192 Å². The molecule has 1 rings (SSSR count). The van der Waals surface area contributed by atoms with Crippen molar-refractivity contribution in [2.24, 2.45) is 11.3 Å². The summed E-state index contributed by atoms with van der Waals surface area (Å²) in [5, 5.41) is 0. The van der Waals surface area contributed by atoms with Crippen LogP contribution in [0.25, 0.3) is 0 Å². The molecule has 0 aromatic rings. The Kier molecular flexibility index (Phi) is 8.97. The molecule has 0 heterocycles. The molecule has 0 saturated carbocycles.